The number of rotatable bonds is 5. The summed E-state index contributed by atoms with van der Waals surface area (Å²) in [6.07, 6.45) is 6.76. The molecule has 4 rings (SSSR count). The fourth-order valence-electron chi connectivity index (χ4n) is 4.02. The summed E-state index contributed by atoms with van der Waals surface area (Å²) in [7, 11) is 0. The monoisotopic (exact) mass is 353 g/mol. The first-order chi connectivity index (χ1) is 12.8. The minimum Gasteiger partial charge on any atom is -0.375 e. The van der Waals surface area contributed by atoms with Crippen LogP contribution in [0.4, 0.5) is 0 Å². The maximum absolute atomic E-state index is 12.9. The van der Waals surface area contributed by atoms with E-state index >= 15 is 0 Å². The second-order valence-corrected chi connectivity index (χ2v) is 7.32. The van der Waals surface area contributed by atoms with Crippen molar-refractivity contribution in [2.75, 3.05) is 39.3 Å². The molecule has 0 unspecified atom stereocenters. The molecule has 1 amide bonds. The van der Waals surface area contributed by atoms with Crippen LogP contribution in [0.2, 0.25) is 0 Å². The standard InChI is InChI=1S/C21H27N3O2/c25-21(20-19-7-3-2-6-17(19)8-10-22-20)24-13-9-18(16-24)26-15-14-23-11-4-1-5-12-23/h2-3,6-8,10,18H,1,4-5,9,11-16H2/t18-/m0/s1. The summed E-state index contributed by atoms with van der Waals surface area (Å²) in [5.41, 5.74) is 0.553. The van der Waals surface area contributed by atoms with E-state index in [1.54, 1.807) is 6.20 Å². The van der Waals surface area contributed by atoms with E-state index in [4.69, 9.17) is 4.74 Å². The van der Waals surface area contributed by atoms with Crippen molar-refractivity contribution in [3.05, 3.63) is 42.2 Å². The lowest BCUT2D eigenvalue weighted by Gasteiger charge is -2.26. The number of piperidine rings is 1. The first-order valence-electron chi connectivity index (χ1n) is 9.78. The highest BCUT2D eigenvalue weighted by Gasteiger charge is 2.29. The van der Waals surface area contributed by atoms with Gasteiger partial charge >= 0.3 is 0 Å². The number of amides is 1. The van der Waals surface area contributed by atoms with Crippen molar-refractivity contribution in [3.8, 4) is 0 Å². The van der Waals surface area contributed by atoms with Crippen LogP contribution in [0, 0.1) is 0 Å². The molecule has 0 saturated carbocycles. The molecule has 0 N–H and O–H groups in total. The number of hydrogen-bond donors (Lipinski definition) is 0. The fourth-order valence-corrected chi connectivity index (χ4v) is 4.02. The van der Waals surface area contributed by atoms with Gasteiger partial charge in [0.2, 0.25) is 0 Å². The smallest absolute Gasteiger partial charge is 0.273 e. The van der Waals surface area contributed by atoms with Crippen LogP contribution in [-0.2, 0) is 4.74 Å². The van der Waals surface area contributed by atoms with Crippen LogP contribution in [0.25, 0.3) is 10.8 Å². The van der Waals surface area contributed by atoms with Crippen LogP contribution in [-0.4, -0.2) is 66.1 Å². The fraction of sp³-hybridized carbons (Fsp3) is 0.524. The van der Waals surface area contributed by atoms with Gasteiger partial charge in [-0.15, -0.1) is 0 Å². The number of benzene rings is 1. The number of pyridine rings is 1. The zero-order valence-electron chi connectivity index (χ0n) is 15.3. The van der Waals surface area contributed by atoms with Crippen molar-refractivity contribution < 1.29 is 9.53 Å². The maximum Gasteiger partial charge on any atom is 0.273 e. The number of likely N-dealkylation sites (tertiary alicyclic amines) is 2. The lowest BCUT2D eigenvalue weighted by atomic mass is 10.1. The Bertz CT molecular complexity index is 753. The number of fused-ring (bicyclic) bond motifs is 1. The van der Waals surface area contributed by atoms with Crippen molar-refractivity contribution in [1.82, 2.24) is 14.8 Å². The molecule has 138 valence electrons. The Kier molecular flexibility index (Phi) is 5.46. The summed E-state index contributed by atoms with van der Waals surface area (Å²) < 4.78 is 6.05. The zero-order chi connectivity index (χ0) is 17.8. The van der Waals surface area contributed by atoms with Gasteiger partial charge in [0, 0.05) is 31.2 Å². The highest BCUT2D eigenvalue weighted by Crippen LogP contribution is 2.21. The van der Waals surface area contributed by atoms with Crippen molar-refractivity contribution >= 4 is 16.7 Å². The number of carbonyl (C=O) groups excluding carboxylic acids is 1. The normalized spacial score (nSPS) is 21.4. The summed E-state index contributed by atoms with van der Waals surface area (Å²) in [5.74, 6) is 0.0175. The molecule has 5 nitrogen and oxygen atoms in total. The number of ether oxygens (including phenoxy) is 1. The second-order valence-electron chi connectivity index (χ2n) is 7.32. The molecule has 0 aliphatic carbocycles. The van der Waals surface area contributed by atoms with Crippen molar-refractivity contribution in [3.63, 3.8) is 0 Å². The van der Waals surface area contributed by atoms with Gasteiger partial charge in [0.05, 0.1) is 12.7 Å². The van der Waals surface area contributed by atoms with Crippen LogP contribution < -0.4 is 0 Å². The third kappa shape index (κ3) is 3.89. The lowest BCUT2D eigenvalue weighted by molar-refractivity contribution is 0.0379. The summed E-state index contributed by atoms with van der Waals surface area (Å²) in [6, 6.07) is 9.88. The van der Waals surface area contributed by atoms with Gasteiger partial charge in [0.15, 0.2) is 0 Å². The van der Waals surface area contributed by atoms with E-state index in [9.17, 15) is 4.79 Å². The van der Waals surface area contributed by atoms with Crippen LogP contribution in [0.3, 0.4) is 0 Å². The molecule has 1 aromatic heterocycles. The predicted molar refractivity (Wildman–Crippen MR) is 102 cm³/mol. The van der Waals surface area contributed by atoms with E-state index in [0.29, 0.717) is 12.2 Å². The van der Waals surface area contributed by atoms with Crippen molar-refractivity contribution in [2.24, 2.45) is 0 Å². The zero-order valence-corrected chi connectivity index (χ0v) is 15.3. The topological polar surface area (TPSA) is 45.7 Å². The van der Waals surface area contributed by atoms with E-state index in [0.717, 1.165) is 36.9 Å². The summed E-state index contributed by atoms with van der Waals surface area (Å²) in [6.45, 7) is 5.59. The predicted octanol–water partition coefficient (Wildman–Crippen LogP) is 2.95. The number of aromatic nitrogens is 1. The minimum atomic E-state index is 0.0175. The summed E-state index contributed by atoms with van der Waals surface area (Å²) in [4.78, 5) is 21.7. The lowest BCUT2D eigenvalue weighted by Crippen LogP contribution is -2.34. The molecule has 3 heterocycles. The highest BCUT2D eigenvalue weighted by molar-refractivity contribution is 6.05. The van der Waals surface area contributed by atoms with Crippen molar-refractivity contribution in [2.45, 2.75) is 31.8 Å². The molecular formula is C21H27N3O2. The summed E-state index contributed by atoms with van der Waals surface area (Å²) >= 11 is 0. The molecule has 2 aliphatic heterocycles. The molecule has 2 saturated heterocycles. The SMILES string of the molecule is O=C(c1nccc2ccccc12)N1CC[C@H](OCCN2CCCCC2)C1. The van der Waals surface area contributed by atoms with E-state index < -0.39 is 0 Å². The van der Waals surface area contributed by atoms with E-state index in [2.05, 4.69) is 9.88 Å². The molecule has 0 bridgehead atoms. The van der Waals surface area contributed by atoms with E-state index in [1.807, 2.05) is 35.2 Å². The van der Waals surface area contributed by atoms with Gasteiger partial charge in [0.1, 0.15) is 5.69 Å². The Balaban J connectivity index is 1.32. The average molecular weight is 353 g/mol. The molecule has 2 aliphatic rings. The van der Waals surface area contributed by atoms with Crippen LogP contribution in [0.1, 0.15) is 36.2 Å². The van der Waals surface area contributed by atoms with Gasteiger partial charge in [0.25, 0.3) is 5.91 Å². The number of hydrogen-bond acceptors (Lipinski definition) is 4. The Morgan fingerprint density at radius 1 is 1.12 bits per heavy atom. The Morgan fingerprint density at radius 3 is 2.85 bits per heavy atom. The quantitative estimate of drug-likeness (QED) is 0.829. The summed E-state index contributed by atoms with van der Waals surface area (Å²) in [5, 5.41) is 1.98. The minimum absolute atomic E-state index is 0.0175. The average Bonchev–Trinajstić information content (AvgIpc) is 3.17. The molecule has 1 atom stereocenters. The molecule has 5 heteroatoms. The third-order valence-electron chi connectivity index (χ3n) is 5.52. The molecule has 0 radical (unpaired) electrons. The first kappa shape index (κ1) is 17.4. The van der Waals surface area contributed by atoms with Crippen LogP contribution in [0.15, 0.2) is 36.5 Å². The molecule has 0 spiro atoms. The molecular weight excluding hydrogens is 326 g/mol. The Labute approximate surface area is 154 Å². The van der Waals surface area contributed by atoms with Gasteiger partial charge in [-0.1, -0.05) is 30.7 Å². The largest absolute Gasteiger partial charge is 0.375 e. The third-order valence-corrected chi connectivity index (χ3v) is 5.52. The van der Waals surface area contributed by atoms with Gasteiger partial charge in [-0.3, -0.25) is 9.78 Å². The van der Waals surface area contributed by atoms with Gasteiger partial charge in [-0.25, -0.2) is 0 Å². The molecule has 1 aromatic carbocycles. The number of carbonyl (C=O) groups is 1. The van der Waals surface area contributed by atoms with E-state index in [1.165, 1.54) is 32.4 Å². The first-order valence-corrected chi connectivity index (χ1v) is 9.78. The maximum atomic E-state index is 12.9. The van der Waals surface area contributed by atoms with Gasteiger partial charge in [-0.2, -0.15) is 0 Å². The Hall–Kier alpha value is -1.98. The molecule has 2 fully saturated rings. The van der Waals surface area contributed by atoms with Crippen LogP contribution in [0.5, 0.6) is 0 Å². The Morgan fingerprint density at radius 2 is 1.96 bits per heavy atom. The van der Waals surface area contributed by atoms with Gasteiger partial charge in [-0.05, 0) is 43.8 Å². The van der Waals surface area contributed by atoms with Crippen LogP contribution >= 0.6 is 0 Å². The molecule has 2 aromatic rings. The van der Waals surface area contributed by atoms with E-state index in [-0.39, 0.29) is 12.0 Å². The van der Waals surface area contributed by atoms with Gasteiger partial charge < -0.3 is 14.5 Å². The van der Waals surface area contributed by atoms with Crippen molar-refractivity contribution in [1.29, 1.82) is 0 Å². The number of nitrogens with zero attached hydrogens (tertiary/aromatic N) is 3. The molecule has 26 heavy (non-hydrogen) atoms. The second kappa shape index (κ2) is 8.14. The highest BCUT2D eigenvalue weighted by atomic mass is 16.5.